The van der Waals surface area contributed by atoms with Gasteiger partial charge in [-0.05, 0) is 55.2 Å². The standard InChI is InChI=1S/C18H26N2O/c1-18(13-19)8-10-20(11-9-18)17(21)16-7-6-14-4-2-3-5-15(14)12-16/h2-5,16H,6-13,19H2,1H3. The van der Waals surface area contributed by atoms with Crippen molar-refractivity contribution in [2.24, 2.45) is 17.1 Å². The molecule has 0 spiro atoms. The van der Waals surface area contributed by atoms with Crippen molar-refractivity contribution in [3.05, 3.63) is 35.4 Å². The lowest BCUT2D eigenvalue weighted by molar-refractivity contribution is -0.138. The van der Waals surface area contributed by atoms with Crippen molar-refractivity contribution in [1.29, 1.82) is 0 Å². The molecule has 1 aliphatic heterocycles. The van der Waals surface area contributed by atoms with Crippen molar-refractivity contribution < 1.29 is 4.79 Å². The molecule has 114 valence electrons. The number of nitrogens with zero attached hydrogens (tertiary/aromatic N) is 1. The summed E-state index contributed by atoms with van der Waals surface area (Å²) in [4.78, 5) is 14.8. The van der Waals surface area contributed by atoms with E-state index in [-0.39, 0.29) is 11.3 Å². The van der Waals surface area contributed by atoms with Gasteiger partial charge in [0.25, 0.3) is 0 Å². The highest BCUT2D eigenvalue weighted by Crippen LogP contribution is 2.32. The maximum atomic E-state index is 12.8. The van der Waals surface area contributed by atoms with Gasteiger partial charge >= 0.3 is 0 Å². The number of hydrogen-bond donors (Lipinski definition) is 1. The van der Waals surface area contributed by atoms with Gasteiger partial charge in [0.2, 0.25) is 5.91 Å². The summed E-state index contributed by atoms with van der Waals surface area (Å²) in [6.07, 6.45) is 5.04. The van der Waals surface area contributed by atoms with Crippen LogP contribution in [0, 0.1) is 11.3 Å². The monoisotopic (exact) mass is 286 g/mol. The van der Waals surface area contributed by atoms with Gasteiger partial charge in [0, 0.05) is 19.0 Å². The molecule has 3 nitrogen and oxygen atoms in total. The minimum absolute atomic E-state index is 0.183. The first-order valence-corrected chi connectivity index (χ1v) is 8.17. The van der Waals surface area contributed by atoms with E-state index in [1.54, 1.807) is 0 Å². The van der Waals surface area contributed by atoms with E-state index in [1.165, 1.54) is 11.1 Å². The van der Waals surface area contributed by atoms with Gasteiger partial charge in [-0.3, -0.25) is 4.79 Å². The van der Waals surface area contributed by atoms with Crippen LogP contribution in [0.15, 0.2) is 24.3 Å². The molecule has 3 rings (SSSR count). The third kappa shape index (κ3) is 2.98. The molecule has 1 heterocycles. The SMILES string of the molecule is CC1(CN)CCN(C(=O)C2CCc3ccccc3C2)CC1. The van der Waals surface area contributed by atoms with Crippen LogP contribution < -0.4 is 5.73 Å². The van der Waals surface area contributed by atoms with Crippen LogP contribution in [0.5, 0.6) is 0 Å². The van der Waals surface area contributed by atoms with E-state index >= 15 is 0 Å². The Balaban J connectivity index is 1.63. The Morgan fingerprint density at radius 3 is 2.62 bits per heavy atom. The van der Waals surface area contributed by atoms with Crippen molar-refractivity contribution in [3.63, 3.8) is 0 Å². The Bertz CT molecular complexity index is 518. The van der Waals surface area contributed by atoms with Crippen LogP contribution in [0.4, 0.5) is 0 Å². The number of hydrogen-bond acceptors (Lipinski definition) is 2. The molecule has 1 aliphatic carbocycles. The average Bonchev–Trinajstić information content (AvgIpc) is 2.54. The minimum atomic E-state index is 0.183. The molecule has 0 bridgehead atoms. The third-order valence-electron chi connectivity index (χ3n) is 5.47. The van der Waals surface area contributed by atoms with E-state index in [0.29, 0.717) is 5.91 Å². The van der Waals surface area contributed by atoms with Gasteiger partial charge in [0.15, 0.2) is 0 Å². The minimum Gasteiger partial charge on any atom is -0.342 e. The number of amides is 1. The highest BCUT2D eigenvalue weighted by Gasteiger charge is 2.34. The zero-order chi connectivity index (χ0) is 14.9. The first-order valence-electron chi connectivity index (χ1n) is 8.17. The lowest BCUT2D eigenvalue weighted by atomic mass is 9.79. The van der Waals surface area contributed by atoms with Crippen LogP contribution >= 0.6 is 0 Å². The van der Waals surface area contributed by atoms with Crippen LogP contribution in [0.1, 0.15) is 37.3 Å². The molecule has 21 heavy (non-hydrogen) atoms. The molecule has 1 saturated heterocycles. The molecule has 1 atom stereocenters. The van der Waals surface area contributed by atoms with E-state index < -0.39 is 0 Å². The molecule has 0 radical (unpaired) electrons. The molecule has 2 aliphatic rings. The number of fused-ring (bicyclic) bond motifs is 1. The largest absolute Gasteiger partial charge is 0.342 e. The number of aryl methyl sites for hydroxylation is 1. The number of likely N-dealkylation sites (tertiary alicyclic amines) is 1. The van der Waals surface area contributed by atoms with E-state index in [0.717, 1.165) is 51.7 Å². The number of benzene rings is 1. The topological polar surface area (TPSA) is 46.3 Å². The summed E-state index contributed by atoms with van der Waals surface area (Å²) in [7, 11) is 0. The van der Waals surface area contributed by atoms with Crippen molar-refractivity contribution in [1.82, 2.24) is 4.90 Å². The lowest BCUT2D eigenvalue weighted by Crippen LogP contribution is -2.47. The van der Waals surface area contributed by atoms with Crippen LogP contribution in [-0.2, 0) is 17.6 Å². The molecule has 0 saturated carbocycles. The van der Waals surface area contributed by atoms with Gasteiger partial charge in [-0.25, -0.2) is 0 Å². The summed E-state index contributed by atoms with van der Waals surface area (Å²) >= 11 is 0. The second-order valence-electron chi connectivity index (χ2n) is 7.05. The van der Waals surface area contributed by atoms with E-state index in [1.807, 2.05) is 0 Å². The van der Waals surface area contributed by atoms with E-state index in [9.17, 15) is 4.79 Å². The summed E-state index contributed by atoms with van der Waals surface area (Å²) in [6, 6.07) is 8.55. The van der Waals surface area contributed by atoms with Gasteiger partial charge in [-0.2, -0.15) is 0 Å². The first-order chi connectivity index (χ1) is 10.1. The summed E-state index contributed by atoms with van der Waals surface area (Å²) in [5.74, 6) is 0.547. The average molecular weight is 286 g/mol. The van der Waals surface area contributed by atoms with Gasteiger partial charge in [-0.1, -0.05) is 31.2 Å². The Morgan fingerprint density at radius 2 is 1.95 bits per heavy atom. The first kappa shape index (κ1) is 14.6. The van der Waals surface area contributed by atoms with Crippen LogP contribution in [0.25, 0.3) is 0 Å². The van der Waals surface area contributed by atoms with Gasteiger partial charge in [-0.15, -0.1) is 0 Å². The smallest absolute Gasteiger partial charge is 0.226 e. The Kier molecular flexibility index (Phi) is 4.03. The summed E-state index contributed by atoms with van der Waals surface area (Å²) in [5.41, 5.74) is 8.88. The molecule has 1 aromatic carbocycles. The van der Waals surface area contributed by atoms with E-state index in [4.69, 9.17) is 5.73 Å². The molecule has 1 fully saturated rings. The molecular weight excluding hydrogens is 260 g/mol. The maximum Gasteiger partial charge on any atom is 0.226 e. The van der Waals surface area contributed by atoms with Gasteiger partial charge in [0.05, 0.1) is 0 Å². The normalized spacial score (nSPS) is 24.5. The number of carbonyl (C=O) groups is 1. The quantitative estimate of drug-likeness (QED) is 0.907. The van der Waals surface area contributed by atoms with E-state index in [2.05, 4.69) is 36.1 Å². The molecule has 1 unspecified atom stereocenters. The highest BCUT2D eigenvalue weighted by atomic mass is 16.2. The maximum absolute atomic E-state index is 12.8. The molecule has 0 aromatic heterocycles. The van der Waals surface area contributed by atoms with Crippen molar-refractivity contribution in [2.45, 2.75) is 39.0 Å². The molecule has 1 amide bonds. The zero-order valence-corrected chi connectivity index (χ0v) is 13.0. The van der Waals surface area contributed by atoms with Crippen LogP contribution in [0.2, 0.25) is 0 Å². The lowest BCUT2D eigenvalue weighted by Gasteiger charge is -2.40. The number of carbonyl (C=O) groups excluding carboxylic acids is 1. The van der Waals surface area contributed by atoms with Crippen LogP contribution in [-0.4, -0.2) is 30.4 Å². The molecule has 2 N–H and O–H groups in total. The molecular formula is C18H26N2O. The number of nitrogens with two attached hydrogens (primary N) is 1. The summed E-state index contributed by atoms with van der Waals surface area (Å²) in [5, 5.41) is 0. The third-order valence-corrected chi connectivity index (χ3v) is 5.47. The fraction of sp³-hybridized carbons (Fsp3) is 0.611. The Hall–Kier alpha value is -1.35. The molecule has 1 aromatic rings. The summed E-state index contributed by atoms with van der Waals surface area (Å²) < 4.78 is 0. The molecule has 3 heteroatoms. The number of rotatable bonds is 2. The second kappa shape index (κ2) is 5.80. The Labute approximate surface area is 127 Å². The van der Waals surface area contributed by atoms with Crippen molar-refractivity contribution in [3.8, 4) is 0 Å². The Morgan fingerprint density at radius 1 is 1.29 bits per heavy atom. The second-order valence-corrected chi connectivity index (χ2v) is 7.05. The van der Waals surface area contributed by atoms with Gasteiger partial charge in [0.1, 0.15) is 0 Å². The predicted molar refractivity (Wildman–Crippen MR) is 84.9 cm³/mol. The van der Waals surface area contributed by atoms with Crippen molar-refractivity contribution in [2.75, 3.05) is 19.6 Å². The fourth-order valence-electron chi connectivity index (χ4n) is 3.64. The predicted octanol–water partition coefficient (Wildman–Crippen LogP) is 2.38. The van der Waals surface area contributed by atoms with Crippen LogP contribution in [0.3, 0.4) is 0 Å². The number of piperidine rings is 1. The van der Waals surface area contributed by atoms with Crippen molar-refractivity contribution >= 4 is 5.91 Å². The fourth-order valence-corrected chi connectivity index (χ4v) is 3.64. The zero-order valence-electron chi connectivity index (χ0n) is 13.0. The van der Waals surface area contributed by atoms with Gasteiger partial charge < -0.3 is 10.6 Å². The summed E-state index contributed by atoms with van der Waals surface area (Å²) in [6.45, 7) is 4.73. The highest BCUT2D eigenvalue weighted by molar-refractivity contribution is 5.79.